The molecule has 0 bridgehead atoms. The molecule has 0 aromatic heterocycles. The molecule has 112 valence electrons. The Labute approximate surface area is 117 Å². The number of aryl methyl sites for hydroxylation is 1. The Hall–Kier alpha value is -1.23. The van der Waals surface area contributed by atoms with Gasteiger partial charge in [-0.3, -0.25) is 0 Å². The third-order valence-corrected chi connectivity index (χ3v) is 3.88. The number of hydrogen-bond acceptors (Lipinski definition) is 2. The van der Waals surface area contributed by atoms with Crippen molar-refractivity contribution in [3.63, 3.8) is 0 Å². The van der Waals surface area contributed by atoms with Crippen LogP contribution in [-0.4, -0.2) is 19.6 Å². The van der Waals surface area contributed by atoms with Gasteiger partial charge >= 0.3 is 6.18 Å². The quantitative estimate of drug-likeness (QED) is 0.879. The fourth-order valence-electron chi connectivity index (χ4n) is 2.62. The van der Waals surface area contributed by atoms with Crippen molar-refractivity contribution in [2.75, 3.05) is 25.0 Å². The highest BCUT2D eigenvalue weighted by atomic mass is 19.4. The lowest BCUT2D eigenvalue weighted by Crippen LogP contribution is -2.28. The van der Waals surface area contributed by atoms with Crippen LogP contribution < -0.4 is 10.6 Å². The van der Waals surface area contributed by atoms with Gasteiger partial charge in [-0.25, -0.2) is 0 Å². The van der Waals surface area contributed by atoms with Crippen molar-refractivity contribution in [3.05, 3.63) is 29.3 Å². The first-order valence-corrected chi connectivity index (χ1v) is 7.09. The van der Waals surface area contributed by atoms with Gasteiger partial charge in [0, 0.05) is 12.2 Å². The molecular weight excluding hydrogens is 265 g/mol. The van der Waals surface area contributed by atoms with Gasteiger partial charge in [0.2, 0.25) is 0 Å². The summed E-state index contributed by atoms with van der Waals surface area (Å²) in [5, 5.41) is 6.58. The molecule has 20 heavy (non-hydrogen) atoms. The molecule has 5 heteroatoms. The van der Waals surface area contributed by atoms with E-state index in [9.17, 15) is 13.2 Å². The molecule has 0 amide bonds. The molecule has 0 radical (unpaired) electrons. The van der Waals surface area contributed by atoms with E-state index in [0.29, 0.717) is 5.56 Å². The number of piperidine rings is 1. The standard InChI is InChI=1S/C15H21F3N2/c1-11-10-13(15(16,17)18)2-3-14(11)20-9-6-12-4-7-19-8-5-12/h2-3,10,12,19-20H,4-9H2,1H3. The van der Waals surface area contributed by atoms with E-state index in [2.05, 4.69) is 10.6 Å². The SMILES string of the molecule is Cc1cc(C(F)(F)F)ccc1NCCC1CCNCC1. The van der Waals surface area contributed by atoms with Crippen LogP contribution in [0.2, 0.25) is 0 Å². The van der Waals surface area contributed by atoms with Crippen LogP contribution in [0.25, 0.3) is 0 Å². The molecule has 2 nitrogen and oxygen atoms in total. The zero-order valence-electron chi connectivity index (χ0n) is 11.7. The van der Waals surface area contributed by atoms with E-state index in [-0.39, 0.29) is 0 Å². The second-order valence-electron chi connectivity index (χ2n) is 5.44. The fourth-order valence-corrected chi connectivity index (χ4v) is 2.62. The molecule has 1 aromatic rings. The summed E-state index contributed by atoms with van der Waals surface area (Å²) in [4.78, 5) is 0. The van der Waals surface area contributed by atoms with Crippen molar-refractivity contribution in [2.45, 2.75) is 32.4 Å². The van der Waals surface area contributed by atoms with Crippen LogP contribution in [0, 0.1) is 12.8 Å². The van der Waals surface area contributed by atoms with Gasteiger partial charge in [-0.1, -0.05) is 0 Å². The fraction of sp³-hybridized carbons (Fsp3) is 0.600. The molecule has 0 saturated carbocycles. The number of anilines is 1. The van der Waals surface area contributed by atoms with Gasteiger partial charge < -0.3 is 10.6 Å². The Morgan fingerprint density at radius 2 is 1.95 bits per heavy atom. The van der Waals surface area contributed by atoms with Gasteiger partial charge in [-0.2, -0.15) is 13.2 Å². The lowest BCUT2D eigenvalue weighted by molar-refractivity contribution is -0.137. The van der Waals surface area contributed by atoms with Gasteiger partial charge in [0.1, 0.15) is 0 Å². The highest BCUT2D eigenvalue weighted by Gasteiger charge is 2.30. The normalized spacial score (nSPS) is 17.2. The van der Waals surface area contributed by atoms with E-state index < -0.39 is 11.7 Å². The number of alkyl halides is 3. The first-order valence-electron chi connectivity index (χ1n) is 7.09. The predicted octanol–water partition coefficient (Wildman–Crippen LogP) is 3.82. The smallest absolute Gasteiger partial charge is 0.385 e. The average Bonchev–Trinajstić information content (AvgIpc) is 2.40. The molecule has 1 heterocycles. The Bertz CT molecular complexity index is 437. The zero-order chi connectivity index (χ0) is 14.6. The molecule has 0 spiro atoms. The molecule has 2 N–H and O–H groups in total. The van der Waals surface area contributed by atoms with Gasteiger partial charge in [0.05, 0.1) is 5.56 Å². The minimum Gasteiger partial charge on any atom is -0.385 e. The lowest BCUT2D eigenvalue weighted by atomic mass is 9.95. The Morgan fingerprint density at radius 3 is 2.55 bits per heavy atom. The first-order chi connectivity index (χ1) is 9.47. The van der Waals surface area contributed by atoms with Crippen LogP contribution in [0.3, 0.4) is 0 Å². The summed E-state index contributed by atoms with van der Waals surface area (Å²) >= 11 is 0. The topological polar surface area (TPSA) is 24.1 Å². The first kappa shape index (κ1) is 15.2. The van der Waals surface area contributed by atoms with Crippen LogP contribution in [-0.2, 0) is 6.18 Å². The summed E-state index contributed by atoms with van der Waals surface area (Å²) in [6.07, 6.45) is -0.818. The largest absolute Gasteiger partial charge is 0.416 e. The minimum atomic E-state index is -4.27. The summed E-state index contributed by atoms with van der Waals surface area (Å²) < 4.78 is 37.7. The third kappa shape index (κ3) is 4.13. The Morgan fingerprint density at radius 1 is 1.25 bits per heavy atom. The van der Waals surface area contributed by atoms with E-state index in [1.165, 1.54) is 25.0 Å². The van der Waals surface area contributed by atoms with Crippen LogP contribution in [0.4, 0.5) is 18.9 Å². The second kappa shape index (κ2) is 6.48. The maximum absolute atomic E-state index is 12.6. The molecule has 0 atom stereocenters. The third-order valence-electron chi connectivity index (χ3n) is 3.88. The van der Waals surface area contributed by atoms with Crippen LogP contribution in [0.5, 0.6) is 0 Å². The maximum Gasteiger partial charge on any atom is 0.416 e. The minimum absolute atomic E-state index is 0.584. The van der Waals surface area contributed by atoms with Crippen molar-refractivity contribution < 1.29 is 13.2 Å². The van der Waals surface area contributed by atoms with Crippen molar-refractivity contribution in [2.24, 2.45) is 5.92 Å². The molecule has 1 aliphatic heterocycles. The van der Waals surface area contributed by atoms with Crippen molar-refractivity contribution in [1.82, 2.24) is 5.32 Å². The monoisotopic (exact) mass is 286 g/mol. The molecule has 0 aliphatic carbocycles. The lowest BCUT2D eigenvalue weighted by Gasteiger charge is -2.23. The average molecular weight is 286 g/mol. The summed E-state index contributed by atoms with van der Waals surface area (Å²) in [5.41, 5.74) is 0.857. The predicted molar refractivity (Wildman–Crippen MR) is 74.9 cm³/mol. The number of halogens is 3. The number of rotatable bonds is 4. The van der Waals surface area contributed by atoms with E-state index in [1.54, 1.807) is 6.92 Å². The van der Waals surface area contributed by atoms with E-state index in [4.69, 9.17) is 0 Å². The van der Waals surface area contributed by atoms with E-state index in [1.807, 2.05) is 0 Å². The summed E-state index contributed by atoms with van der Waals surface area (Å²) in [6, 6.07) is 3.87. The summed E-state index contributed by atoms with van der Waals surface area (Å²) in [6.45, 7) is 4.67. The molecule has 1 aliphatic rings. The summed E-state index contributed by atoms with van der Waals surface area (Å²) in [5.74, 6) is 0.721. The molecule has 0 unspecified atom stereocenters. The maximum atomic E-state index is 12.6. The van der Waals surface area contributed by atoms with Crippen LogP contribution >= 0.6 is 0 Å². The van der Waals surface area contributed by atoms with Crippen LogP contribution in [0.15, 0.2) is 18.2 Å². The van der Waals surface area contributed by atoms with Gasteiger partial charge in [-0.15, -0.1) is 0 Å². The number of nitrogens with one attached hydrogen (secondary N) is 2. The molecule has 2 rings (SSSR count). The molecular formula is C15H21F3N2. The van der Waals surface area contributed by atoms with Gasteiger partial charge in [0.25, 0.3) is 0 Å². The van der Waals surface area contributed by atoms with Gasteiger partial charge in [-0.05, 0) is 69.0 Å². The highest BCUT2D eigenvalue weighted by molar-refractivity contribution is 5.52. The zero-order valence-corrected chi connectivity index (χ0v) is 11.7. The summed E-state index contributed by atoms with van der Waals surface area (Å²) in [7, 11) is 0. The van der Waals surface area contributed by atoms with Crippen molar-refractivity contribution >= 4 is 5.69 Å². The molecule has 1 fully saturated rings. The second-order valence-corrected chi connectivity index (χ2v) is 5.44. The number of hydrogen-bond donors (Lipinski definition) is 2. The Balaban J connectivity index is 1.86. The van der Waals surface area contributed by atoms with Crippen molar-refractivity contribution in [1.29, 1.82) is 0 Å². The molecule has 1 aromatic carbocycles. The van der Waals surface area contributed by atoms with E-state index in [0.717, 1.165) is 43.7 Å². The van der Waals surface area contributed by atoms with Crippen molar-refractivity contribution in [3.8, 4) is 0 Å². The number of benzene rings is 1. The molecule has 1 saturated heterocycles. The van der Waals surface area contributed by atoms with Crippen LogP contribution in [0.1, 0.15) is 30.4 Å². The highest BCUT2D eigenvalue weighted by Crippen LogP contribution is 2.31. The Kier molecular flexibility index (Phi) is 4.91. The van der Waals surface area contributed by atoms with Gasteiger partial charge in [0.15, 0.2) is 0 Å². The van der Waals surface area contributed by atoms with E-state index >= 15 is 0 Å².